The van der Waals surface area contributed by atoms with Gasteiger partial charge in [0.2, 0.25) is 5.91 Å². The Morgan fingerprint density at radius 3 is 2.32 bits per heavy atom. The van der Waals surface area contributed by atoms with Crippen LogP contribution in [-0.2, 0) is 22.2 Å². The number of anilines is 1. The van der Waals surface area contributed by atoms with Crippen molar-refractivity contribution in [2.45, 2.75) is 19.5 Å². The molecule has 2 aromatic rings. The zero-order chi connectivity index (χ0) is 20.9. The Kier molecular flexibility index (Phi) is 6.66. The lowest BCUT2D eigenvalue weighted by molar-refractivity contribution is -0.312. The number of amides is 1. The average Bonchev–Trinajstić information content (AvgIpc) is 2.65. The van der Waals surface area contributed by atoms with E-state index >= 15 is 0 Å². The van der Waals surface area contributed by atoms with Crippen LogP contribution < -0.4 is 15.2 Å². The van der Waals surface area contributed by atoms with Crippen LogP contribution in [0.3, 0.4) is 0 Å². The number of aliphatic carboxylic acids is 1. The first kappa shape index (κ1) is 21.3. The third kappa shape index (κ3) is 5.48. The van der Waals surface area contributed by atoms with E-state index in [1.807, 2.05) is 0 Å². The SMILES string of the molecule is COc1ccc(C[C@@H](C(=O)[O-])[C@@H](C)C(=O)Nc2cccc(C(F)(F)F)c2)cc1. The fraction of sp³-hybridized carbons (Fsp3) is 0.300. The summed E-state index contributed by atoms with van der Waals surface area (Å²) in [5.74, 6) is -3.70. The number of halogens is 3. The molecule has 150 valence electrons. The van der Waals surface area contributed by atoms with E-state index < -0.39 is 35.5 Å². The summed E-state index contributed by atoms with van der Waals surface area (Å²) in [6.45, 7) is 1.40. The fourth-order valence-corrected chi connectivity index (χ4v) is 2.69. The number of hydrogen-bond acceptors (Lipinski definition) is 4. The highest BCUT2D eigenvalue weighted by molar-refractivity contribution is 5.94. The Balaban J connectivity index is 2.12. The lowest BCUT2D eigenvalue weighted by atomic mass is 9.87. The molecule has 0 radical (unpaired) electrons. The van der Waals surface area contributed by atoms with Crippen LogP contribution in [0.4, 0.5) is 18.9 Å². The van der Waals surface area contributed by atoms with Crippen molar-refractivity contribution in [1.29, 1.82) is 0 Å². The third-order valence-electron chi connectivity index (χ3n) is 4.39. The lowest BCUT2D eigenvalue weighted by Crippen LogP contribution is -2.40. The normalized spacial score (nSPS) is 13.5. The second-order valence-electron chi connectivity index (χ2n) is 6.33. The quantitative estimate of drug-likeness (QED) is 0.783. The number of alkyl halides is 3. The summed E-state index contributed by atoms with van der Waals surface area (Å²) in [5, 5.41) is 13.9. The van der Waals surface area contributed by atoms with Gasteiger partial charge in [0, 0.05) is 23.5 Å². The highest BCUT2D eigenvalue weighted by Gasteiger charge is 2.31. The van der Waals surface area contributed by atoms with Crippen LogP contribution in [0.15, 0.2) is 48.5 Å². The topological polar surface area (TPSA) is 78.5 Å². The number of carboxylic acids is 1. The van der Waals surface area contributed by atoms with Crippen molar-refractivity contribution in [1.82, 2.24) is 0 Å². The summed E-state index contributed by atoms with van der Waals surface area (Å²) in [6.07, 6.45) is -4.52. The van der Waals surface area contributed by atoms with E-state index in [9.17, 15) is 27.9 Å². The van der Waals surface area contributed by atoms with Gasteiger partial charge in [-0.1, -0.05) is 25.1 Å². The summed E-state index contributed by atoms with van der Waals surface area (Å²) in [4.78, 5) is 24.0. The Bertz CT molecular complexity index is 834. The summed E-state index contributed by atoms with van der Waals surface area (Å²) in [5.41, 5.74) is -0.311. The Morgan fingerprint density at radius 2 is 1.79 bits per heavy atom. The molecule has 0 bridgehead atoms. The molecule has 0 heterocycles. The molecule has 2 aromatic carbocycles. The van der Waals surface area contributed by atoms with Gasteiger partial charge in [0.05, 0.1) is 12.7 Å². The number of hydrogen-bond donors (Lipinski definition) is 1. The minimum absolute atomic E-state index is 0.0313. The third-order valence-corrected chi connectivity index (χ3v) is 4.39. The minimum Gasteiger partial charge on any atom is -0.550 e. The van der Waals surface area contributed by atoms with E-state index in [4.69, 9.17) is 4.74 Å². The molecule has 0 aliphatic rings. The van der Waals surface area contributed by atoms with Crippen molar-refractivity contribution in [3.05, 3.63) is 59.7 Å². The molecule has 0 unspecified atom stereocenters. The molecule has 0 aliphatic carbocycles. The maximum Gasteiger partial charge on any atom is 0.416 e. The second-order valence-corrected chi connectivity index (χ2v) is 6.33. The van der Waals surface area contributed by atoms with Crippen LogP contribution in [0.5, 0.6) is 5.75 Å². The highest BCUT2D eigenvalue weighted by Crippen LogP contribution is 2.31. The molecule has 0 spiro atoms. The summed E-state index contributed by atoms with van der Waals surface area (Å²) in [6, 6.07) is 10.8. The van der Waals surface area contributed by atoms with E-state index in [1.54, 1.807) is 24.3 Å². The van der Waals surface area contributed by atoms with E-state index in [0.29, 0.717) is 11.3 Å². The Morgan fingerprint density at radius 1 is 1.14 bits per heavy atom. The maximum absolute atomic E-state index is 12.8. The fourth-order valence-electron chi connectivity index (χ4n) is 2.69. The molecule has 1 amide bonds. The van der Waals surface area contributed by atoms with Crippen LogP contribution in [0.1, 0.15) is 18.1 Å². The zero-order valence-electron chi connectivity index (χ0n) is 15.2. The van der Waals surface area contributed by atoms with Crippen LogP contribution in [-0.4, -0.2) is 19.0 Å². The first-order chi connectivity index (χ1) is 13.1. The van der Waals surface area contributed by atoms with Gasteiger partial charge in [0.1, 0.15) is 5.75 Å². The molecule has 2 atom stereocenters. The number of rotatable bonds is 7. The van der Waals surface area contributed by atoms with E-state index in [1.165, 1.54) is 20.1 Å². The van der Waals surface area contributed by atoms with Gasteiger partial charge in [-0.15, -0.1) is 0 Å². The van der Waals surface area contributed by atoms with E-state index in [2.05, 4.69) is 5.32 Å². The van der Waals surface area contributed by atoms with Gasteiger partial charge in [-0.3, -0.25) is 4.79 Å². The summed E-state index contributed by atoms with van der Waals surface area (Å²) < 4.78 is 43.4. The van der Waals surface area contributed by atoms with Gasteiger partial charge in [-0.25, -0.2) is 0 Å². The number of carboxylic acid groups (broad SMARTS) is 1. The van der Waals surface area contributed by atoms with Crippen LogP contribution >= 0.6 is 0 Å². The van der Waals surface area contributed by atoms with Gasteiger partial charge in [0.25, 0.3) is 0 Å². The molecule has 0 aromatic heterocycles. The molecule has 0 fully saturated rings. The number of benzene rings is 2. The number of carbonyl (C=O) groups excluding carboxylic acids is 2. The molecule has 0 saturated carbocycles. The Hall–Kier alpha value is -3.03. The van der Waals surface area contributed by atoms with Crippen molar-refractivity contribution in [3.8, 4) is 5.75 Å². The number of ether oxygens (including phenoxy) is 1. The van der Waals surface area contributed by atoms with Gasteiger partial charge in [-0.2, -0.15) is 13.2 Å². The molecule has 1 N–H and O–H groups in total. The molecule has 2 rings (SSSR count). The summed E-state index contributed by atoms with van der Waals surface area (Å²) in [7, 11) is 1.50. The van der Waals surface area contributed by atoms with Crippen molar-refractivity contribution in [3.63, 3.8) is 0 Å². The molecule has 28 heavy (non-hydrogen) atoms. The molecular formula is C20H19F3NO4-. The molecule has 0 saturated heterocycles. The largest absolute Gasteiger partial charge is 0.550 e. The number of nitrogens with one attached hydrogen (secondary N) is 1. The first-order valence-electron chi connectivity index (χ1n) is 8.43. The van der Waals surface area contributed by atoms with Crippen molar-refractivity contribution in [2.75, 3.05) is 12.4 Å². The smallest absolute Gasteiger partial charge is 0.416 e. The van der Waals surface area contributed by atoms with Gasteiger partial charge < -0.3 is 20.0 Å². The van der Waals surface area contributed by atoms with Crippen molar-refractivity contribution < 1.29 is 32.6 Å². The minimum atomic E-state index is -4.55. The Labute approximate surface area is 160 Å². The van der Waals surface area contributed by atoms with Crippen molar-refractivity contribution >= 4 is 17.6 Å². The highest BCUT2D eigenvalue weighted by atomic mass is 19.4. The molecule has 0 aliphatic heterocycles. The van der Waals surface area contributed by atoms with Gasteiger partial charge in [-0.05, 0) is 42.3 Å². The zero-order valence-corrected chi connectivity index (χ0v) is 15.2. The maximum atomic E-state index is 12.8. The first-order valence-corrected chi connectivity index (χ1v) is 8.43. The van der Waals surface area contributed by atoms with E-state index in [-0.39, 0.29) is 12.1 Å². The average molecular weight is 394 g/mol. The standard InChI is InChI=1S/C20H20F3NO4/c1-12(17(19(26)27)10-13-6-8-16(28-2)9-7-13)18(25)24-15-5-3-4-14(11-15)20(21,22)23/h3-9,11-12,17H,10H2,1-2H3,(H,24,25)(H,26,27)/p-1/t12-,17-/m1/s1. The van der Waals surface area contributed by atoms with Crippen LogP contribution in [0.2, 0.25) is 0 Å². The van der Waals surface area contributed by atoms with E-state index in [0.717, 1.165) is 18.2 Å². The summed E-state index contributed by atoms with van der Waals surface area (Å²) >= 11 is 0. The van der Waals surface area contributed by atoms with Gasteiger partial charge in [0.15, 0.2) is 0 Å². The number of carbonyl (C=O) groups is 2. The van der Waals surface area contributed by atoms with Crippen LogP contribution in [0, 0.1) is 11.8 Å². The predicted molar refractivity (Wildman–Crippen MR) is 94.4 cm³/mol. The van der Waals surface area contributed by atoms with Crippen molar-refractivity contribution in [2.24, 2.45) is 11.8 Å². The molecule has 8 heteroatoms. The monoisotopic (exact) mass is 394 g/mol. The van der Waals surface area contributed by atoms with Gasteiger partial charge >= 0.3 is 6.18 Å². The lowest BCUT2D eigenvalue weighted by Gasteiger charge is -2.24. The predicted octanol–water partition coefficient (Wildman–Crippen LogP) is 2.90. The van der Waals surface area contributed by atoms with Crippen LogP contribution in [0.25, 0.3) is 0 Å². The second kappa shape index (κ2) is 8.77. The number of methoxy groups -OCH3 is 1. The molecular weight excluding hydrogens is 375 g/mol. The molecule has 5 nitrogen and oxygen atoms in total.